The van der Waals surface area contributed by atoms with Crippen LogP contribution in [0.5, 0.6) is 0 Å². The Morgan fingerprint density at radius 2 is 1.55 bits per heavy atom. The number of halogens is 4. The summed E-state index contributed by atoms with van der Waals surface area (Å²) in [6.07, 6.45) is -1.18. The van der Waals surface area contributed by atoms with Crippen molar-refractivity contribution in [3.63, 3.8) is 0 Å². The highest BCUT2D eigenvalue weighted by Crippen LogP contribution is 2.38. The number of likely N-dealkylation sites (N-methyl/N-ethyl adjacent to an activating group) is 1. The summed E-state index contributed by atoms with van der Waals surface area (Å²) >= 11 is 6.11. The van der Waals surface area contributed by atoms with Crippen molar-refractivity contribution in [3.05, 3.63) is 71.5 Å². The molecule has 0 unspecified atom stereocenters. The summed E-state index contributed by atoms with van der Waals surface area (Å²) in [5, 5.41) is 0.0624. The lowest BCUT2D eigenvalue weighted by molar-refractivity contribution is -0.137. The fraction of sp³-hybridized carbons (Fsp3) is 0.273. The third-order valence-electron chi connectivity index (χ3n) is 5.31. The standard InChI is InChI=1S/C22H21ClF3N3/c1-27-11-13-28(14-12-27)18-7-5-16(6-8-18)17-9-10-29(15-17)21-19(22(24,25)26)3-2-4-20(21)23/h2-10,15H,11-14H2,1H3. The second-order valence-corrected chi connectivity index (χ2v) is 7.69. The molecule has 1 aliphatic heterocycles. The molecule has 0 N–H and O–H groups in total. The van der Waals surface area contributed by atoms with E-state index in [9.17, 15) is 13.2 Å². The molecule has 0 spiro atoms. The quantitative estimate of drug-likeness (QED) is 0.550. The fourth-order valence-corrected chi connectivity index (χ4v) is 3.91. The van der Waals surface area contributed by atoms with Gasteiger partial charge in [-0.15, -0.1) is 0 Å². The van der Waals surface area contributed by atoms with Crippen LogP contribution in [0, 0.1) is 0 Å². The molecule has 4 rings (SSSR count). The molecule has 1 aromatic heterocycles. The first-order chi connectivity index (χ1) is 13.8. The molecular formula is C22H21ClF3N3. The Labute approximate surface area is 172 Å². The largest absolute Gasteiger partial charge is 0.418 e. The van der Waals surface area contributed by atoms with Gasteiger partial charge in [0, 0.05) is 44.3 Å². The van der Waals surface area contributed by atoms with Gasteiger partial charge < -0.3 is 14.4 Å². The smallest absolute Gasteiger partial charge is 0.369 e. The number of para-hydroxylation sites is 1. The maximum absolute atomic E-state index is 13.4. The monoisotopic (exact) mass is 419 g/mol. The first-order valence-corrected chi connectivity index (χ1v) is 9.79. The fourth-order valence-electron chi connectivity index (χ4n) is 3.64. The van der Waals surface area contributed by atoms with Gasteiger partial charge in [-0.25, -0.2) is 0 Å². The minimum Gasteiger partial charge on any atom is -0.369 e. The van der Waals surface area contributed by atoms with Crippen LogP contribution in [0.1, 0.15) is 5.56 Å². The van der Waals surface area contributed by atoms with Gasteiger partial charge in [0.25, 0.3) is 0 Å². The first-order valence-electron chi connectivity index (χ1n) is 9.41. The number of nitrogens with zero attached hydrogens (tertiary/aromatic N) is 3. The van der Waals surface area contributed by atoms with Gasteiger partial charge in [0.1, 0.15) is 0 Å². The molecule has 0 atom stereocenters. The van der Waals surface area contributed by atoms with E-state index in [0.29, 0.717) is 0 Å². The zero-order chi connectivity index (χ0) is 20.6. The summed E-state index contributed by atoms with van der Waals surface area (Å²) in [6, 6.07) is 13.8. The molecule has 0 radical (unpaired) electrons. The molecule has 1 fully saturated rings. The van der Waals surface area contributed by atoms with Gasteiger partial charge in [-0.3, -0.25) is 0 Å². The molecule has 7 heteroatoms. The first kappa shape index (κ1) is 19.9. The summed E-state index contributed by atoms with van der Waals surface area (Å²) < 4.78 is 41.7. The topological polar surface area (TPSA) is 11.4 Å². The Kier molecular flexibility index (Phi) is 5.32. The van der Waals surface area contributed by atoms with Crippen LogP contribution in [0.25, 0.3) is 16.8 Å². The third kappa shape index (κ3) is 4.14. The van der Waals surface area contributed by atoms with Gasteiger partial charge in [0.05, 0.1) is 16.3 Å². The van der Waals surface area contributed by atoms with E-state index in [1.165, 1.54) is 16.7 Å². The van der Waals surface area contributed by atoms with Gasteiger partial charge in [-0.1, -0.05) is 29.8 Å². The maximum Gasteiger partial charge on any atom is 0.418 e. The predicted molar refractivity (Wildman–Crippen MR) is 111 cm³/mol. The van der Waals surface area contributed by atoms with E-state index in [1.807, 2.05) is 12.1 Å². The highest BCUT2D eigenvalue weighted by molar-refractivity contribution is 6.32. The Balaban J connectivity index is 1.61. The normalized spacial score (nSPS) is 15.7. The zero-order valence-corrected chi connectivity index (χ0v) is 16.7. The SMILES string of the molecule is CN1CCN(c2ccc(-c3ccn(-c4c(Cl)cccc4C(F)(F)F)c3)cc2)CC1. The minimum absolute atomic E-state index is 0.0537. The lowest BCUT2D eigenvalue weighted by Crippen LogP contribution is -2.44. The van der Waals surface area contributed by atoms with Crippen LogP contribution in [0.15, 0.2) is 60.9 Å². The van der Waals surface area contributed by atoms with Crippen LogP contribution >= 0.6 is 11.6 Å². The second kappa shape index (κ2) is 7.76. The van der Waals surface area contributed by atoms with Crippen molar-refractivity contribution >= 4 is 17.3 Å². The number of anilines is 1. The second-order valence-electron chi connectivity index (χ2n) is 7.28. The van der Waals surface area contributed by atoms with Crippen LogP contribution < -0.4 is 4.90 Å². The van der Waals surface area contributed by atoms with Crippen molar-refractivity contribution in [2.75, 3.05) is 38.1 Å². The van der Waals surface area contributed by atoms with Gasteiger partial charge in [-0.05, 0) is 48.5 Å². The van der Waals surface area contributed by atoms with Crippen molar-refractivity contribution < 1.29 is 13.2 Å². The van der Waals surface area contributed by atoms with E-state index in [0.717, 1.165) is 49.1 Å². The summed E-state index contributed by atoms with van der Waals surface area (Å²) in [5.74, 6) is 0. The highest BCUT2D eigenvalue weighted by Gasteiger charge is 2.34. The number of benzene rings is 2. The summed E-state index contributed by atoms with van der Waals surface area (Å²) in [7, 11) is 2.12. The Morgan fingerprint density at radius 3 is 2.21 bits per heavy atom. The molecule has 152 valence electrons. The number of rotatable bonds is 3. The molecule has 3 nitrogen and oxygen atoms in total. The Morgan fingerprint density at radius 1 is 0.862 bits per heavy atom. The highest BCUT2D eigenvalue weighted by atomic mass is 35.5. The zero-order valence-electron chi connectivity index (χ0n) is 16.0. The van der Waals surface area contributed by atoms with Gasteiger partial charge in [-0.2, -0.15) is 13.2 Å². The molecule has 0 aliphatic carbocycles. The molecule has 1 saturated heterocycles. The van der Waals surface area contributed by atoms with Gasteiger partial charge in [0.15, 0.2) is 0 Å². The number of hydrogen-bond donors (Lipinski definition) is 0. The molecule has 2 heterocycles. The van der Waals surface area contributed by atoms with Crippen LogP contribution in [0.3, 0.4) is 0 Å². The molecule has 0 bridgehead atoms. The lowest BCUT2D eigenvalue weighted by atomic mass is 10.1. The van der Waals surface area contributed by atoms with Gasteiger partial charge in [0.2, 0.25) is 0 Å². The molecule has 0 saturated carbocycles. The summed E-state index contributed by atoms with van der Waals surface area (Å²) in [4.78, 5) is 4.64. The number of alkyl halides is 3. The predicted octanol–water partition coefficient (Wildman–Crippen LogP) is 5.57. The van der Waals surface area contributed by atoms with Crippen molar-refractivity contribution in [1.29, 1.82) is 0 Å². The van der Waals surface area contributed by atoms with E-state index in [2.05, 4.69) is 29.0 Å². The molecule has 2 aromatic carbocycles. The Hall–Kier alpha value is -2.44. The lowest BCUT2D eigenvalue weighted by Gasteiger charge is -2.34. The maximum atomic E-state index is 13.4. The van der Waals surface area contributed by atoms with E-state index in [4.69, 9.17) is 11.6 Å². The third-order valence-corrected chi connectivity index (χ3v) is 5.62. The Bertz CT molecular complexity index is 987. The van der Waals surface area contributed by atoms with Crippen LogP contribution in [-0.2, 0) is 6.18 Å². The number of aromatic nitrogens is 1. The number of hydrogen-bond acceptors (Lipinski definition) is 2. The van der Waals surface area contributed by atoms with Gasteiger partial charge >= 0.3 is 6.18 Å². The molecule has 3 aromatic rings. The summed E-state index contributed by atoms with van der Waals surface area (Å²) in [5.41, 5.74) is 2.14. The van der Waals surface area contributed by atoms with Crippen molar-refractivity contribution in [3.8, 4) is 16.8 Å². The van der Waals surface area contributed by atoms with Crippen molar-refractivity contribution in [2.24, 2.45) is 0 Å². The summed E-state index contributed by atoms with van der Waals surface area (Å²) in [6.45, 7) is 4.03. The molecule has 29 heavy (non-hydrogen) atoms. The van der Waals surface area contributed by atoms with E-state index >= 15 is 0 Å². The van der Waals surface area contributed by atoms with E-state index in [1.54, 1.807) is 18.5 Å². The van der Waals surface area contributed by atoms with Crippen LogP contribution in [0.2, 0.25) is 5.02 Å². The van der Waals surface area contributed by atoms with Crippen molar-refractivity contribution in [1.82, 2.24) is 9.47 Å². The van der Waals surface area contributed by atoms with Crippen LogP contribution in [-0.4, -0.2) is 42.7 Å². The van der Waals surface area contributed by atoms with E-state index < -0.39 is 11.7 Å². The average Bonchev–Trinajstić information content (AvgIpc) is 3.17. The number of piperazine rings is 1. The molecular weight excluding hydrogens is 399 g/mol. The molecule has 0 amide bonds. The molecule has 1 aliphatic rings. The average molecular weight is 420 g/mol. The van der Waals surface area contributed by atoms with E-state index in [-0.39, 0.29) is 10.7 Å². The minimum atomic E-state index is -4.48. The van der Waals surface area contributed by atoms with Crippen molar-refractivity contribution in [2.45, 2.75) is 6.18 Å². The van der Waals surface area contributed by atoms with Crippen LogP contribution in [0.4, 0.5) is 18.9 Å².